The van der Waals surface area contributed by atoms with Crippen LogP contribution >= 0.6 is 11.8 Å². The lowest BCUT2D eigenvalue weighted by molar-refractivity contribution is 0.414. The molecule has 4 rings (SSSR count). The van der Waals surface area contributed by atoms with Crippen molar-refractivity contribution >= 4 is 11.8 Å². The maximum absolute atomic E-state index is 5.75. The standard InChI is InChI=1S/C19H16N4O2S/c1-24-16-9-5-8-15(12-16)23-11-10-20-19(23)26-13-17-21-22-18(25-17)14-6-3-2-4-7-14/h2-12H,13H2,1H3. The van der Waals surface area contributed by atoms with Gasteiger partial charge in [-0.05, 0) is 24.3 Å². The molecular formula is C19H16N4O2S. The van der Waals surface area contributed by atoms with Crippen LogP contribution in [-0.4, -0.2) is 26.9 Å². The van der Waals surface area contributed by atoms with Crippen LogP contribution in [0.2, 0.25) is 0 Å². The van der Waals surface area contributed by atoms with Gasteiger partial charge in [-0.2, -0.15) is 0 Å². The summed E-state index contributed by atoms with van der Waals surface area (Å²) < 4.78 is 13.0. The predicted molar refractivity (Wildman–Crippen MR) is 99.4 cm³/mol. The molecule has 0 saturated heterocycles. The van der Waals surface area contributed by atoms with Gasteiger partial charge in [0, 0.05) is 24.0 Å². The molecule has 6 nitrogen and oxygen atoms in total. The van der Waals surface area contributed by atoms with Gasteiger partial charge in [0.15, 0.2) is 5.16 Å². The van der Waals surface area contributed by atoms with E-state index in [9.17, 15) is 0 Å². The number of hydrogen-bond donors (Lipinski definition) is 0. The van der Waals surface area contributed by atoms with E-state index >= 15 is 0 Å². The van der Waals surface area contributed by atoms with Crippen molar-refractivity contribution in [2.24, 2.45) is 0 Å². The molecule has 2 aromatic carbocycles. The monoisotopic (exact) mass is 364 g/mol. The number of nitrogens with zero attached hydrogens (tertiary/aromatic N) is 4. The van der Waals surface area contributed by atoms with Crippen molar-refractivity contribution in [2.75, 3.05) is 7.11 Å². The van der Waals surface area contributed by atoms with E-state index in [2.05, 4.69) is 15.2 Å². The molecule has 0 atom stereocenters. The molecule has 0 bridgehead atoms. The average Bonchev–Trinajstić information content (AvgIpc) is 3.36. The van der Waals surface area contributed by atoms with Crippen molar-refractivity contribution in [3.05, 3.63) is 72.9 Å². The number of rotatable bonds is 6. The van der Waals surface area contributed by atoms with Crippen molar-refractivity contribution in [1.82, 2.24) is 19.7 Å². The van der Waals surface area contributed by atoms with Crippen LogP contribution in [0.3, 0.4) is 0 Å². The fourth-order valence-electron chi connectivity index (χ4n) is 2.49. The normalized spacial score (nSPS) is 10.8. The Hall–Kier alpha value is -3.06. The lowest BCUT2D eigenvalue weighted by atomic mass is 10.2. The Kier molecular flexibility index (Phi) is 4.70. The molecule has 0 aliphatic rings. The molecule has 0 unspecified atom stereocenters. The smallest absolute Gasteiger partial charge is 0.247 e. The first-order valence-corrected chi connectivity index (χ1v) is 9.00. The minimum absolute atomic E-state index is 0.525. The van der Waals surface area contributed by atoms with Gasteiger partial charge in [-0.1, -0.05) is 36.0 Å². The van der Waals surface area contributed by atoms with Crippen LogP contribution in [0, 0.1) is 0 Å². The van der Waals surface area contributed by atoms with Gasteiger partial charge in [0.2, 0.25) is 11.8 Å². The van der Waals surface area contributed by atoms with Crippen LogP contribution in [0.5, 0.6) is 5.75 Å². The van der Waals surface area contributed by atoms with Gasteiger partial charge in [-0.3, -0.25) is 4.57 Å². The Labute approximate surface area is 154 Å². The van der Waals surface area contributed by atoms with Crippen LogP contribution in [0.1, 0.15) is 5.89 Å². The molecule has 2 heterocycles. The third kappa shape index (κ3) is 3.48. The summed E-state index contributed by atoms with van der Waals surface area (Å²) in [6, 6.07) is 17.6. The van der Waals surface area contributed by atoms with E-state index in [-0.39, 0.29) is 0 Å². The Morgan fingerprint density at radius 2 is 1.96 bits per heavy atom. The summed E-state index contributed by atoms with van der Waals surface area (Å²) in [6.07, 6.45) is 3.69. The molecule has 0 amide bonds. The average molecular weight is 364 g/mol. The fraction of sp³-hybridized carbons (Fsp3) is 0.105. The fourth-order valence-corrected chi connectivity index (χ4v) is 3.30. The van der Waals surface area contributed by atoms with E-state index in [0.29, 0.717) is 17.5 Å². The summed E-state index contributed by atoms with van der Waals surface area (Å²) >= 11 is 1.54. The summed E-state index contributed by atoms with van der Waals surface area (Å²) in [4.78, 5) is 4.42. The van der Waals surface area contributed by atoms with Gasteiger partial charge >= 0.3 is 0 Å². The maximum Gasteiger partial charge on any atom is 0.247 e. The SMILES string of the molecule is COc1cccc(-n2ccnc2SCc2nnc(-c3ccccc3)o2)c1. The summed E-state index contributed by atoms with van der Waals surface area (Å²) in [5.74, 6) is 2.43. The highest BCUT2D eigenvalue weighted by atomic mass is 32.2. The minimum atomic E-state index is 0.525. The molecule has 2 aromatic heterocycles. The summed E-state index contributed by atoms with van der Waals surface area (Å²) in [7, 11) is 1.66. The predicted octanol–water partition coefficient (Wildman–Crippen LogP) is 4.22. The largest absolute Gasteiger partial charge is 0.497 e. The van der Waals surface area contributed by atoms with Gasteiger partial charge in [-0.15, -0.1) is 10.2 Å². The molecule has 130 valence electrons. The Morgan fingerprint density at radius 1 is 1.08 bits per heavy atom. The molecule has 0 aliphatic heterocycles. The second-order valence-electron chi connectivity index (χ2n) is 5.44. The molecule has 0 fully saturated rings. The summed E-state index contributed by atoms with van der Waals surface area (Å²) in [6.45, 7) is 0. The van der Waals surface area contributed by atoms with Crippen molar-refractivity contribution in [3.8, 4) is 22.9 Å². The van der Waals surface area contributed by atoms with Crippen LogP contribution in [0.4, 0.5) is 0 Å². The molecule has 0 aliphatic carbocycles. The van der Waals surface area contributed by atoms with Gasteiger partial charge in [0.05, 0.1) is 18.6 Å². The van der Waals surface area contributed by atoms with E-state index in [0.717, 1.165) is 22.2 Å². The number of methoxy groups -OCH3 is 1. The second kappa shape index (κ2) is 7.45. The quantitative estimate of drug-likeness (QED) is 0.477. The van der Waals surface area contributed by atoms with Crippen molar-refractivity contribution in [1.29, 1.82) is 0 Å². The zero-order valence-corrected chi connectivity index (χ0v) is 14.9. The lowest BCUT2D eigenvalue weighted by Crippen LogP contribution is -1.96. The lowest BCUT2D eigenvalue weighted by Gasteiger charge is -2.08. The van der Waals surface area contributed by atoms with Crippen molar-refractivity contribution < 1.29 is 9.15 Å². The van der Waals surface area contributed by atoms with Crippen LogP contribution in [0.15, 0.2) is 76.6 Å². The highest BCUT2D eigenvalue weighted by Gasteiger charge is 2.11. The van der Waals surface area contributed by atoms with Gasteiger partial charge in [-0.25, -0.2) is 4.98 Å². The third-order valence-electron chi connectivity index (χ3n) is 3.75. The number of imidazole rings is 1. The number of thioether (sulfide) groups is 1. The Bertz CT molecular complexity index is 997. The number of benzene rings is 2. The first kappa shape index (κ1) is 16.4. The number of ether oxygens (including phenoxy) is 1. The topological polar surface area (TPSA) is 66.0 Å². The van der Waals surface area contributed by atoms with E-state index in [1.54, 1.807) is 13.3 Å². The number of hydrogen-bond acceptors (Lipinski definition) is 6. The molecule has 0 saturated carbocycles. The first-order chi connectivity index (χ1) is 12.8. The molecule has 0 N–H and O–H groups in total. The Morgan fingerprint density at radius 3 is 2.81 bits per heavy atom. The van der Waals surface area contributed by atoms with E-state index in [4.69, 9.17) is 9.15 Å². The highest BCUT2D eigenvalue weighted by molar-refractivity contribution is 7.98. The van der Waals surface area contributed by atoms with Gasteiger partial charge in [0.1, 0.15) is 5.75 Å². The highest BCUT2D eigenvalue weighted by Crippen LogP contribution is 2.26. The Balaban J connectivity index is 1.49. The van der Waals surface area contributed by atoms with Crippen molar-refractivity contribution in [2.45, 2.75) is 10.9 Å². The molecular weight excluding hydrogens is 348 g/mol. The minimum Gasteiger partial charge on any atom is -0.497 e. The third-order valence-corrected chi connectivity index (χ3v) is 4.70. The molecule has 4 aromatic rings. The molecule has 7 heteroatoms. The first-order valence-electron chi connectivity index (χ1n) is 8.02. The maximum atomic E-state index is 5.75. The zero-order chi connectivity index (χ0) is 17.8. The van der Waals surface area contributed by atoms with E-state index in [1.807, 2.05) is 65.4 Å². The molecule has 0 spiro atoms. The van der Waals surface area contributed by atoms with Crippen LogP contribution < -0.4 is 4.74 Å². The van der Waals surface area contributed by atoms with Crippen molar-refractivity contribution in [3.63, 3.8) is 0 Å². The van der Waals surface area contributed by atoms with E-state index < -0.39 is 0 Å². The summed E-state index contributed by atoms with van der Waals surface area (Å²) in [5, 5.41) is 9.09. The van der Waals surface area contributed by atoms with E-state index in [1.165, 1.54) is 11.8 Å². The molecule has 26 heavy (non-hydrogen) atoms. The zero-order valence-electron chi connectivity index (χ0n) is 14.1. The van der Waals surface area contributed by atoms with Crippen LogP contribution in [0.25, 0.3) is 17.1 Å². The van der Waals surface area contributed by atoms with Gasteiger partial charge < -0.3 is 9.15 Å². The summed E-state index contributed by atoms with van der Waals surface area (Å²) in [5.41, 5.74) is 1.90. The van der Waals surface area contributed by atoms with Gasteiger partial charge in [0.25, 0.3) is 0 Å². The van der Waals surface area contributed by atoms with Crippen LogP contribution in [-0.2, 0) is 5.75 Å². The second-order valence-corrected chi connectivity index (χ2v) is 6.38. The number of aromatic nitrogens is 4. The molecule has 0 radical (unpaired) electrons.